The van der Waals surface area contributed by atoms with Gasteiger partial charge in [-0.2, -0.15) is 0 Å². The summed E-state index contributed by atoms with van der Waals surface area (Å²) in [5.41, 5.74) is 1.48. The summed E-state index contributed by atoms with van der Waals surface area (Å²) in [6.07, 6.45) is 3.49. The fourth-order valence-corrected chi connectivity index (χ4v) is 2.16. The van der Waals surface area contributed by atoms with Crippen molar-refractivity contribution in [1.82, 2.24) is 5.32 Å². The van der Waals surface area contributed by atoms with Gasteiger partial charge in [0.05, 0.1) is 13.2 Å². The highest BCUT2D eigenvalue weighted by Crippen LogP contribution is 2.25. The number of hydrogen-bond acceptors (Lipinski definition) is 5. The topological polar surface area (TPSA) is 64.6 Å². The summed E-state index contributed by atoms with van der Waals surface area (Å²) in [7, 11) is 0. The van der Waals surface area contributed by atoms with E-state index in [0.29, 0.717) is 0 Å². The highest BCUT2D eigenvalue weighted by Gasteiger charge is 2.24. The number of carbonyl (C=O) groups excluding carboxylic acids is 2. The van der Waals surface area contributed by atoms with Gasteiger partial charge in [-0.3, -0.25) is 0 Å². The summed E-state index contributed by atoms with van der Waals surface area (Å²) < 4.78 is 10.0. The SMILES string of the molecule is CCOC(=O)C1=CC(c2ccccc2)C=C(C(=O)OCC)N1. The van der Waals surface area contributed by atoms with Gasteiger partial charge in [0, 0.05) is 5.92 Å². The molecule has 1 aliphatic heterocycles. The maximum absolute atomic E-state index is 12.0. The van der Waals surface area contributed by atoms with Crippen LogP contribution in [0.3, 0.4) is 0 Å². The van der Waals surface area contributed by atoms with E-state index in [0.717, 1.165) is 5.56 Å². The van der Waals surface area contributed by atoms with Crippen LogP contribution in [0.5, 0.6) is 0 Å². The second-order valence-electron chi connectivity index (χ2n) is 4.66. The average Bonchev–Trinajstić information content (AvgIpc) is 2.55. The minimum atomic E-state index is -0.488. The molecule has 0 radical (unpaired) electrons. The maximum Gasteiger partial charge on any atom is 0.354 e. The van der Waals surface area contributed by atoms with Crippen LogP contribution in [0.1, 0.15) is 25.3 Å². The third-order valence-electron chi connectivity index (χ3n) is 3.14. The lowest BCUT2D eigenvalue weighted by atomic mass is 9.94. The Labute approximate surface area is 129 Å². The van der Waals surface area contributed by atoms with Crippen LogP contribution in [-0.2, 0) is 19.1 Å². The number of ether oxygens (including phenoxy) is 2. The van der Waals surface area contributed by atoms with E-state index in [9.17, 15) is 9.59 Å². The van der Waals surface area contributed by atoms with E-state index in [1.165, 1.54) is 0 Å². The lowest BCUT2D eigenvalue weighted by Crippen LogP contribution is -2.30. The molecule has 0 aromatic heterocycles. The Morgan fingerprint density at radius 1 is 0.955 bits per heavy atom. The summed E-state index contributed by atoms with van der Waals surface area (Å²) in [6.45, 7) is 4.01. The number of allylic oxidation sites excluding steroid dienone is 2. The summed E-state index contributed by atoms with van der Waals surface area (Å²) in [5.74, 6) is -1.17. The van der Waals surface area contributed by atoms with Crippen molar-refractivity contribution in [3.63, 3.8) is 0 Å². The maximum atomic E-state index is 12.0. The van der Waals surface area contributed by atoms with Crippen LogP contribution in [0.15, 0.2) is 53.9 Å². The largest absolute Gasteiger partial charge is 0.461 e. The van der Waals surface area contributed by atoms with Crippen LogP contribution >= 0.6 is 0 Å². The molecule has 2 rings (SSSR count). The van der Waals surface area contributed by atoms with Gasteiger partial charge in [-0.05, 0) is 31.6 Å². The van der Waals surface area contributed by atoms with Gasteiger partial charge < -0.3 is 14.8 Å². The first kappa shape index (κ1) is 15.8. The molecule has 1 aromatic rings. The molecule has 5 nitrogen and oxygen atoms in total. The zero-order valence-electron chi connectivity index (χ0n) is 12.7. The van der Waals surface area contributed by atoms with E-state index in [1.54, 1.807) is 26.0 Å². The molecule has 5 heteroatoms. The standard InChI is InChI=1S/C17H19NO4/c1-3-21-16(19)14-10-13(12-8-6-5-7-9-12)11-15(18-14)17(20)22-4-2/h5-11,13,18H,3-4H2,1-2H3. The lowest BCUT2D eigenvalue weighted by molar-refractivity contribution is -0.139. The molecule has 0 bridgehead atoms. The molecule has 116 valence electrons. The predicted octanol–water partition coefficient (Wildman–Crippen LogP) is 2.27. The van der Waals surface area contributed by atoms with E-state index in [-0.39, 0.29) is 30.5 Å². The summed E-state index contributed by atoms with van der Waals surface area (Å²) in [6, 6.07) is 9.61. The van der Waals surface area contributed by atoms with Crippen molar-refractivity contribution in [3.8, 4) is 0 Å². The van der Waals surface area contributed by atoms with E-state index >= 15 is 0 Å². The van der Waals surface area contributed by atoms with Gasteiger partial charge in [0.2, 0.25) is 0 Å². The van der Waals surface area contributed by atoms with Crippen LogP contribution in [0.2, 0.25) is 0 Å². The van der Waals surface area contributed by atoms with Crippen molar-refractivity contribution < 1.29 is 19.1 Å². The van der Waals surface area contributed by atoms with Crippen LogP contribution in [-0.4, -0.2) is 25.2 Å². The lowest BCUT2D eigenvalue weighted by Gasteiger charge is -2.21. The molecule has 0 amide bonds. The Bertz CT molecular complexity index is 570. The van der Waals surface area contributed by atoms with Crippen molar-refractivity contribution in [2.75, 3.05) is 13.2 Å². The van der Waals surface area contributed by atoms with Gasteiger partial charge in [-0.15, -0.1) is 0 Å². The van der Waals surface area contributed by atoms with Gasteiger partial charge in [-0.25, -0.2) is 9.59 Å². The fraction of sp³-hybridized carbons (Fsp3) is 0.294. The van der Waals surface area contributed by atoms with Gasteiger partial charge in [-0.1, -0.05) is 30.3 Å². The zero-order valence-corrected chi connectivity index (χ0v) is 12.7. The molecular formula is C17H19NO4. The highest BCUT2D eigenvalue weighted by molar-refractivity contribution is 5.94. The van der Waals surface area contributed by atoms with Gasteiger partial charge in [0.1, 0.15) is 11.4 Å². The zero-order chi connectivity index (χ0) is 15.9. The monoisotopic (exact) mass is 301 g/mol. The van der Waals surface area contributed by atoms with Gasteiger partial charge in [0.25, 0.3) is 0 Å². The van der Waals surface area contributed by atoms with Crippen LogP contribution in [0.4, 0.5) is 0 Å². The Kier molecular flexibility index (Phi) is 5.36. The Morgan fingerprint density at radius 3 is 1.91 bits per heavy atom. The summed E-state index contributed by atoms with van der Waals surface area (Å²) in [5, 5.41) is 2.80. The molecule has 1 N–H and O–H groups in total. The van der Waals surface area contributed by atoms with Crippen molar-refractivity contribution in [1.29, 1.82) is 0 Å². The van der Waals surface area contributed by atoms with E-state index in [4.69, 9.17) is 9.47 Å². The number of benzene rings is 1. The molecule has 1 aromatic carbocycles. The highest BCUT2D eigenvalue weighted by atomic mass is 16.5. The number of rotatable bonds is 5. The molecule has 0 saturated carbocycles. The molecule has 0 saturated heterocycles. The number of dihydropyridines is 1. The Hall–Kier alpha value is -2.56. The quantitative estimate of drug-likeness (QED) is 0.845. The number of esters is 2. The van der Waals surface area contributed by atoms with Crippen molar-refractivity contribution >= 4 is 11.9 Å². The second-order valence-corrected chi connectivity index (χ2v) is 4.66. The Morgan fingerprint density at radius 2 is 1.45 bits per heavy atom. The van der Waals surface area contributed by atoms with Crippen LogP contribution in [0.25, 0.3) is 0 Å². The van der Waals surface area contributed by atoms with E-state index in [1.807, 2.05) is 30.3 Å². The first-order chi connectivity index (χ1) is 10.7. The van der Waals surface area contributed by atoms with Crippen molar-refractivity contribution in [3.05, 3.63) is 59.4 Å². The number of hydrogen-bond donors (Lipinski definition) is 1. The predicted molar refractivity (Wildman–Crippen MR) is 81.8 cm³/mol. The molecule has 0 atom stereocenters. The molecule has 1 heterocycles. The van der Waals surface area contributed by atoms with Gasteiger partial charge >= 0.3 is 11.9 Å². The summed E-state index contributed by atoms with van der Waals surface area (Å²) >= 11 is 0. The minimum absolute atomic E-state index is 0.193. The normalized spacial score (nSPS) is 14.5. The fourth-order valence-electron chi connectivity index (χ4n) is 2.16. The molecular weight excluding hydrogens is 282 g/mol. The van der Waals surface area contributed by atoms with Crippen molar-refractivity contribution in [2.24, 2.45) is 0 Å². The van der Waals surface area contributed by atoms with Crippen molar-refractivity contribution in [2.45, 2.75) is 19.8 Å². The molecule has 1 aliphatic rings. The second kappa shape index (κ2) is 7.45. The Balaban J connectivity index is 2.32. The molecule has 22 heavy (non-hydrogen) atoms. The minimum Gasteiger partial charge on any atom is -0.461 e. The van der Waals surface area contributed by atoms with Gasteiger partial charge in [0.15, 0.2) is 0 Å². The third kappa shape index (κ3) is 3.75. The van der Waals surface area contributed by atoms with Crippen LogP contribution in [0, 0.1) is 0 Å². The van der Waals surface area contributed by atoms with Crippen LogP contribution < -0.4 is 5.32 Å². The van der Waals surface area contributed by atoms with E-state index in [2.05, 4.69) is 5.32 Å². The molecule has 0 spiro atoms. The molecule has 0 unspecified atom stereocenters. The molecule has 0 fully saturated rings. The number of carbonyl (C=O) groups is 2. The molecule has 0 aliphatic carbocycles. The first-order valence-electron chi connectivity index (χ1n) is 7.25. The summed E-state index contributed by atoms with van der Waals surface area (Å²) in [4.78, 5) is 23.9. The number of nitrogens with one attached hydrogen (secondary N) is 1. The van der Waals surface area contributed by atoms with E-state index < -0.39 is 11.9 Å². The third-order valence-corrected chi connectivity index (χ3v) is 3.14. The first-order valence-corrected chi connectivity index (χ1v) is 7.25. The smallest absolute Gasteiger partial charge is 0.354 e. The average molecular weight is 301 g/mol.